The lowest BCUT2D eigenvalue weighted by atomic mass is 9.95. The number of hydrogen-bond acceptors (Lipinski definition) is 4. The van der Waals surface area contributed by atoms with E-state index in [1.807, 2.05) is 0 Å². The Hall–Kier alpha value is -2.21. The van der Waals surface area contributed by atoms with Crippen LogP contribution in [0.3, 0.4) is 0 Å². The van der Waals surface area contributed by atoms with Gasteiger partial charge in [-0.3, -0.25) is 4.79 Å². The molecule has 0 unspecified atom stereocenters. The van der Waals surface area contributed by atoms with E-state index < -0.39 is 5.82 Å². The lowest BCUT2D eigenvalue weighted by Crippen LogP contribution is -2.36. The van der Waals surface area contributed by atoms with Crippen molar-refractivity contribution in [3.05, 3.63) is 47.1 Å². The Labute approximate surface area is 144 Å². The van der Waals surface area contributed by atoms with Crippen molar-refractivity contribution in [2.24, 2.45) is 0 Å². The molecule has 0 radical (unpaired) electrons. The van der Waals surface area contributed by atoms with Gasteiger partial charge in [0.25, 0.3) is 5.91 Å². The van der Waals surface area contributed by atoms with E-state index in [-0.39, 0.29) is 22.7 Å². The molecular formula is C17H18ClFN4O. The summed E-state index contributed by atoms with van der Waals surface area (Å²) >= 11 is 5.74. The van der Waals surface area contributed by atoms with Gasteiger partial charge >= 0.3 is 0 Å². The van der Waals surface area contributed by atoms with Gasteiger partial charge in [0.2, 0.25) is 0 Å². The molecule has 1 amide bonds. The number of aromatic nitrogens is 2. The van der Waals surface area contributed by atoms with E-state index in [9.17, 15) is 9.18 Å². The van der Waals surface area contributed by atoms with Gasteiger partial charge in [-0.05, 0) is 31.0 Å². The molecule has 1 saturated carbocycles. The van der Waals surface area contributed by atoms with Gasteiger partial charge < -0.3 is 10.6 Å². The number of halogens is 2. The number of nitrogens with one attached hydrogen (secondary N) is 2. The quantitative estimate of drug-likeness (QED) is 0.873. The van der Waals surface area contributed by atoms with Crippen LogP contribution in [0.15, 0.2) is 30.6 Å². The maximum absolute atomic E-state index is 13.1. The van der Waals surface area contributed by atoms with Crippen molar-refractivity contribution in [3.63, 3.8) is 0 Å². The lowest BCUT2D eigenvalue weighted by Gasteiger charge is -2.22. The van der Waals surface area contributed by atoms with Crippen molar-refractivity contribution < 1.29 is 9.18 Å². The van der Waals surface area contributed by atoms with Gasteiger partial charge in [-0.25, -0.2) is 14.4 Å². The number of amides is 1. The number of carbonyl (C=O) groups is 1. The SMILES string of the molecule is O=C(NC1CCCCC1)c1cnc(Nc2ccc(F)c(Cl)c2)cn1. The Bertz CT molecular complexity index is 717. The number of benzene rings is 1. The first-order valence-electron chi connectivity index (χ1n) is 7.97. The monoisotopic (exact) mass is 348 g/mol. The van der Waals surface area contributed by atoms with E-state index in [0.29, 0.717) is 11.5 Å². The molecule has 0 saturated heterocycles. The highest BCUT2D eigenvalue weighted by molar-refractivity contribution is 6.31. The van der Waals surface area contributed by atoms with Crippen LogP contribution in [0.1, 0.15) is 42.6 Å². The van der Waals surface area contributed by atoms with Gasteiger partial charge in [0.15, 0.2) is 0 Å². The molecule has 2 aromatic rings. The Balaban J connectivity index is 1.61. The topological polar surface area (TPSA) is 66.9 Å². The number of nitrogens with zero attached hydrogens (tertiary/aromatic N) is 2. The summed E-state index contributed by atoms with van der Waals surface area (Å²) in [5, 5.41) is 5.98. The van der Waals surface area contributed by atoms with E-state index in [1.54, 1.807) is 6.07 Å². The molecule has 0 atom stereocenters. The minimum absolute atomic E-state index is 0.0245. The Morgan fingerprint density at radius 3 is 2.62 bits per heavy atom. The summed E-state index contributed by atoms with van der Waals surface area (Å²) in [6.07, 6.45) is 8.46. The Morgan fingerprint density at radius 1 is 1.17 bits per heavy atom. The van der Waals surface area contributed by atoms with Crippen molar-refractivity contribution in [2.75, 3.05) is 5.32 Å². The zero-order valence-electron chi connectivity index (χ0n) is 13.1. The number of carbonyl (C=O) groups excluding carboxylic acids is 1. The van der Waals surface area contributed by atoms with Crippen LogP contribution in [0.4, 0.5) is 15.9 Å². The molecule has 1 aromatic carbocycles. The maximum Gasteiger partial charge on any atom is 0.271 e. The first kappa shape index (κ1) is 16.6. The van der Waals surface area contributed by atoms with Gasteiger partial charge in [-0.2, -0.15) is 0 Å². The molecule has 5 nitrogen and oxygen atoms in total. The summed E-state index contributed by atoms with van der Waals surface area (Å²) in [4.78, 5) is 20.5. The molecule has 1 fully saturated rings. The minimum Gasteiger partial charge on any atom is -0.348 e. The van der Waals surface area contributed by atoms with Crippen molar-refractivity contribution in [2.45, 2.75) is 38.1 Å². The van der Waals surface area contributed by atoms with Crippen molar-refractivity contribution in [1.29, 1.82) is 0 Å². The van der Waals surface area contributed by atoms with Gasteiger partial charge in [0.05, 0.1) is 17.4 Å². The molecule has 1 aromatic heterocycles. The fourth-order valence-electron chi connectivity index (χ4n) is 2.74. The third-order valence-corrected chi connectivity index (χ3v) is 4.31. The van der Waals surface area contributed by atoms with E-state index >= 15 is 0 Å². The molecule has 2 N–H and O–H groups in total. The van der Waals surface area contributed by atoms with Crippen LogP contribution in [0, 0.1) is 5.82 Å². The average Bonchev–Trinajstić information content (AvgIpc) is 2.60. The number of hydrogen-bond donors (Lipinski definition) is 2. The largest absolute Gasteiger partial charge is 0.348 e. The fourth-order valence-corrected chi connectivity index (χ4v) is 2.92. The molecule has 0 bridgehead atoms. The van der Waals surface area contributed by atoms with Crippen LogP contribution >= 0.6 is 11.6 Å². The van der Waals surface area contributed by atoms with Crippen molar-refractivity contribution in [1.82, 2.24) is 15.3 Å². The average molecular weight is 349 g/mol. The predicted molar refractivity (Wildman–Crippen MR) is 91.1 cm³/mol. The van der Waals surface area contributed by atoms with Crippen molar-refractivity contribution >= 4 is 29.0 Å². The highest BCUT2D eigenvalue weighted by atomic mass is 35.5. The lowest BCUT2D eigenvalue weighted by molar-refractivity contribution is 0.0922. The normalized spacial score (nSPS) is 15.1. The Morgan fingerprint density at radius 2 is 1.96 bits per heavy atom. The zero-order valence-corrected chi connectivity index (χ0v) is 13.8. The summed E-state index contributed by atoms with van der Waals surface area (Å²) in [5.41, 5.74) is 0.873. The maximum atomic E-state index is 13.1. The highest BCUT2D eigenvalue weighted by Crippen LogP contribution is 2.22. The standard InChI is InChI=1S/C17H18ClFN4O/c18-13-8-12(6-7-14(13)19)22-16-10-20-15(9-21-16)17(24)23-11-4-2-1-3-5-11/h6-11H,1-5H2,(H,21,22)(H,23,24). The number of rotatable bonds is 4. The first-order valence-corrected chi connectivity index (χ1v) is 8.34. The minimum atomic E-state index is -0.483. The fraction of sp³-hybridized carbons (Fsp3) is 0.353. The molecule has 24 heavy (non-hydrogen) atoms. The number of anilines is 2. The van der Waals surface area contributed by atoms with Crippen LogP contribution in [0.5, 0.6) is 0 Å². The van der Waals surface area contributed by atoms with Crippen LogP contribution < -0.4 is 10.6 Å². The van der Waals surface area contributed by atoms with Gasteiger partial charge in [0, 0.05) is 11.7 Å². The second-order valence-electron chi connectivity index (χ2n) is 5.85. The summed E-state index contributed by atoms with van der Waals surface area (Å²) < 4.78 is 13.1. The zero-order chi connectivity index (χ0) is 16.9. The van der Waals surface area contributed by atoms with Crippen LogP contribution in [0.2, 0.25) is 5.02 Å². The van der Waals surface area contributed by atoms with Gasteiger partial charge in [-0.1, -0.05) is 30.9 Å². The second-order valence-corrected chi connectivity index (χ2v) is 6.26. The summed E-state index contributed by atoms with van der Waals surface area (Å²) in [5.74, 6) is -0.235. The molecule has 126 valence electrons. The summed E-state index contributed by atoms with van der Waals surface area (Å²) in [7, 11) is 0. The molecule has 7 heteroatoms. The molecule has 1 heterocycles. The van der Waals surface area contributed by atoms with E-state index in [1.165, 1.54) is 30.9 Å². The second kappa shape index (κ2) is 7.57. The van der Waals surface area contributed by atoms with Gasteiger partial charge in [-0.15, -0.1) is 0 Å². The molecule has 0 aliphatic heterocycles. The highest BCUT2D eigenvalue weighted by Gasteiger charge is 2.17. The van der Waals surface area contributed by atoms with E-state index in [2.05, 4.69) is 20.6 Å². The third-order valence-electron chi connectivity index (χ3n) is 4.02. The van der Waals surface area contributed by atoms with Crippen molar-refractivity contribution in [3.8, 4) is 0 Å². The molecule has 1 aliphatic carbocycles. The molecule has 0 spiro atoms. The van der Waals surface area contributed by atoms with Crippen LogP contribution in [-0.2, 0) is 0 Å². The summed E-state index contributed by atoms with van der Waals surface area (Å²) in [6.45, 7) is 0. The van der Waals surface area contributed by atoms with E-state index in [0.717, 1.165) is 25.7 Å². The molecule has 1 aliphatic rings. The smallest absolute Gasteiger partial charge is 0.271 e. The molecule has 3 rings (SSSR count). The van der Waals surface area contributed by atoms with Crippen LogP contribution in [0.25, 0.3) is 0 Å². The van der Waals surface area contributed by atoms with Gasteiger partial charge in [0.1, 0.15) is 17.3 Å². The third kappa shape index (κ3) is 4.20. The predicted octanol–water partition coefficient (Wildman–Crippen LogP) is 4.08. The van der Waals surface area contributed by atoms with Crippen LogP contribution in [-0.4, -0.2) is 21.9 Å². The first-order chi connectivity index (χ1) is 11.6. The Kier molecular flexibility index (Phi) is 5.25. The van der Waals surface area contributed by atoms with E-state index in [4.69, 9.17) is 11.6 Å². The molecular weight excluding hydrogens is 331 g/mol. The summed E-state index contributed by atoms with van der Waals surface area (Å²) in [6, 6.07) is 4.51.